The van der Waals surface area contributed by atoms with E-state index in [4.69, 9.17) is 9.47 Å². The summed E-state index contributed by atoms with van der Waals surface area (Å²) in [5.74, 6) is -0.343. The van der Waals surface area contributed by atoms with Crippen molar-refractivity contribution in [2.24, 2.45) is 0 Å². The Balaban J connectivity index is 1.92. The van der Waals surface area contributed by atoms with E-state index in [0.717, 1.165) is 25.0 Å². The summed E-state index contributed by atoms with van der Waals surface area (Å²) in [6, 6.07) is 1.41. The minimum atomic E-state index is -0.409. The van der Waals surface area contributed by atoms with E-state index < -0.39 is 5.82 Å². The Hall–Kier alpha value is -1.16. The van der Waals surface area contributed by atoms with Gasteiger partial charge in [-0.2, -0.15) is 0 Å². The van der Waals surface area contributed by atoms with Gasteiger partial charge in [0.15, 0.2) is 5.82 Å². The zero-order chi connectivity index (χ0) is 10.7. The topological polar surface area (TPSA) is 31.4 Å². The van der Waals surface area contributed by atoms with Gasteiger partial charge in [0.05, 0.1) is 6.10 Å². The number of pyridine rings is 1. The van der Waals surface area contributed by atoms with Crippen LogP contribution in [0.1, 0.15) is 18.4 Å². The highest BCUT2D eigenvalue weighted by Crippen LogP contribution is 2.17. The average Bonchev–Trinajstić information content (AvgIpc) is 2.69. The number of halogens is 1. The molecule has 2 rings (SSSR count). The van der Waals surface area contributed by atoms with Crippen molar-refractivity contribution in [3.8, 4) is 5.88 Å². The lowest BCUT2D eigenvalue weighted by molar-refractivity contribution is 0.0648. The lowest BCUT2D eigenvalue weighted by atomic mass is 10.2. The number of rotatable bonds is 3. The summed E-state index contributed by atoms with van der Waals surface area (Å²) in [7, 11) is 0. The van der Waals surface area contributed by atoms with Gasteiger partial charge in [-0.05, 0) is 31.4 Å². The van der Waals surface area contributed by atoms with Gasteiger partial charge in [-0.15, -0.1) is 0 Å². The summed E-state index contributed by atoms with van der Waals surface area (Å²) in [6.07, 6.45) is 3.71. The van der Waals surface area contributed by atoms with Crippen LogP contribution in [0.25, 0.3) is 0 Å². The van der Waals surface area contributed by atoms with Crippen molar-refractivity contribution in [1.82, 2.24) is 4.98 Å². The van der Waals surface area contributed by atoms with E-state index in [-0.39, 0.29) is 12.0 Å². The zero-order valence-corrected chi connectivity index (χ0v) is 8.70. The van der Waals surface area contributed by atoms with Gasteiger partial charge >= 0.3 is 0 Å². The van der Waals surface area contributed by atoms with Crippen LogP contribution in [0.5, 0.6) is 5.88 Å². The Morgan fingerprint density at radius 2 is 2.53 bits per heavy atom. The molecule has 0 bridgehead atoms. The van der Waals surface area contributed by atoms with Crippen molar-refractivity contribution in [3.63, 3.8) is 0 Å². The largest absolute Gasteiger partial charge is 0.473 e. The van der Waals surface area contributed by atoms with E-state index >= 15 is 0 Å². The molecule has 0 amide bonds. The molecule has 4 heteroatoms. The predicted molar refractivity (Wildman–Crippen MR) is 53.4 cm³/mol. The number of aromatic nitrogens is 1. The molecular weight excluding hydrogens is 197 g/mol. The van der Waals surface area contributed by atoms with E-state index in [1.54, 1.807) is 13.1 Å². The molecule has 0 radical (unpaired) electrons. The van der Waals surface area contributed by atoms with Gasteiger partial charge in [-0.3, -0.25) is 0 Å². The van der Waals surface area contributed by atoms with Gasteiger partial charge in [0, 0.05) is 12.8 Å². The van der Waals surface area contributed by atoms with Gasteiger partial charge in [0.2, 0.25) is 5.88 Å². The second-order valence-corrected chi connectivity index (χ2v) is 3.75. The van der Waals surface area contributed by atoms with Gasteiger partial charge in [0.25, 0.3) is 0 Å². The third-order valence-electron chi connectivity index (χ3n) is 2.37. The molecule has 1 aromatic rings. The predicted octanol–water partition coefficient (Wildman–Crippen LogP) is 2.09. The van der Waals surface area contributed by atoms with Gasteiger partial charge < -0.3 is 9.47 Å². The molecule has 0 spiro atoms. The fourth-order valence-corrected chi connectivity index (χ4v) is 1.57. The number of hydrogen-bond donors (Lipinski definition) is 0. The molecular formula is C11H14FNO2. The van der Waals surface area contributed by atoms with Crippen molar-refractivity contribution in [1.29, 1.82) is 0 Å². The standard InChI is InChI=1S/C11H14FNO2/c1-8-5-10(12)11(13-6-8)15-7-9-3-2-4-14-9/h5-6,9H,2-4,7H2,1H3. The summed E-state index contributed by atoms with van der Waals surface area (Å²) < 4.78 is 23.9. The number of aryl methyl sites for hydroxylation is 1. The maximum atomic E-state index is 13.3. The molecule has 0 saturated carbocycles. The Bertz CT molecular complexity index is 337. The quantitative estimate of drug-likeness (QED) is 0.767. The molecule has 15 heavy (non-hydrogen) atoms. The van der Waals surface area contributed by atoms with Crippen LogP contribution in [0.2, 0.25) is 0 Å². The highest BCUT2D eigenvalue weighted by atomic mass is 19.1. The molecule has 1 fully saturated rings. The fourth-order valence-electron chi connectivity index (χ4n) is 1.57. The first kappa shape index (κ1) is 10.4. The zero-order valence-electron chi connectivity index (χ0n) is 8.70. The molecule has 1 saturated heterocycles. The van der Waals surface area contributed by atoms with Crippen LogP contribution in [-0.2, 0) is 4.74 Å². The number of nitrogens with zero attached hydrogens (tertiary/aromatic N) is 1. The molecule has 0 aliphatic carbocycles. The smallest absolute Gasteiger partial charge is 0.250 e. The van der Waals surface area contributed by atoms with E-state index in [9.17, 15) is 4.39 Å². The van der Waals surface area contributed by atoms with Crippen molar-refractivity contribution in [3.05, 3.63) is 23.6 Å². The molecule has 82 valence electrons. The first-order valence-corrected chi connectivity index (χ1v) is 5.12. The van der Waals surface area contributed by atoms with Crippen LogP contribution < -0.4 is 4.74 Å². The van der Waals surface area contributed by atoms with Crippen molar-refractivity contribution >= 4 is 0 Å². The second kappa shape index (κ2) is 4.57. The Labute approximate surface area is 88.2 Å². The Morgan fingerprint density at radius 1 is 1.67 bits per heavy atom. The highest BCUT2D eigenvalue weighted by molar-refractivity contribution is 5.19. The molecule has 1 atom stereocenters. The SMILES string of the molecule is Cc1cnc(OCC2CCCO2)c(F)c1. The van der Waals surface area contributed by atoms with Crippen LogP contribution in [0, 0.1) is 12.7 Å². The lowest BCUT2D eigenvalue weighted by Gasteiger charge is -2.11. The molecule has 0 N–H and O–H groups in total. The van der Waals surface area contributed by atoms with E-state index in [0.29, 0.717) is 6.61 Å². The molecule has 1 aliphatic heterocycles. The first-order valence-electron chi connectivity index (χ1n) is 5.12. The first-order chi connectivity index (χ1) is 7.25. The van der Waals surface area contributed by atoms with Crippen LogP contribution in [0.15, 0.2) is 12.3 Å². The summed E-state index contributed by atoms with van der Waals surface area (Å²) >= 11 is 0. The number of ether oxygens (including phenoxy) is 2. The summed E-state index contributed by atoms with van der Waals surface area (Å²) in [5.41, 5.74) is 0.789. The normalized spacial score (nSPS) is 20.5. The third-order valence-corrected chi connectivity index (χ3v) is 2.37. The fraction of sp³-hybridized carbons (Fsp3) is 0.545. The van der Waals surface area contributed by atoms with Crippen LogP contribution in [0.4, 0.5) is 4.39 Å². The van der Waals surface area contributed by atoms with Crippen LogP contribution in [0.3, 0.4) is 0 Å². The van der Waals surface area contributed by atoms with Crippen LogP contribution >= 0.6 is 0 Å². The minimum absolute atomic E-state index is 0.0658. The molecule has 2 heterocycles. The van der Waals surface area contributed by atoms with Gasteiger partial charge in [-0.1, -0.05) is 0 Å². The maximum absolute atomic E-state index is 13.3. The van der Waals surface area contributed by atoms with Crippen molar-refractivity contribution in [2.45, 2.75) is 25.9 Å². The molecule has 0 aromatic carbocycles. The summed E-state index contributed by atoms with van der Waals surface area (Å²) in [5, 5.41) is 0. The second-order valence-electron chi connectivity index (χ2n) is 3.75. The Morgan fingerprint density at radius 3 is 3.20 bits per heavy atom. The van der Waals surface area contributed by atoms with Crippen LogP contribution in [-0.4, -0.2) is 24.3 Å². The van der Waals surface area contributed by atoms with Crippen molar-refractivity contribution < 1.29 is 13.9 Å². The third kappa shape index (κ3) is 2.65. The number of hydrogen-bond acceptors (Lipinski definition) is 3. The maximum Gasteiger partial charge on any atom is 0.250 e. The monoisotopic (exact) mass is 211 g/mol. The summed E-state index contributed by atoms with van der Waals surface area (Å²) in [6.45, 7) is 2.95. The molecule has 3 nitrogen and oxygen atoms in total. The van der Waals surface area contributed by atoms with Gasteiger partial charge in [0.1, 0.15) is 6.61 Å². The molecule has 1 aliphatic rings. The molecule has 1 aromatic heterocycles. The average molecular weight is 211 g/mol. The van der Waals surface area contributed by atoms with E-state index in [1.165, 1.54) is 6.07 Å². The molecule has 1 unspecified atom stereocenters. The Kier molecular flexibility index (Phi) is 3.16. The lowest BCUT2D eigenvalue weighted by Crippen LogP contribution is -2.17. The van der Waals surface area contributed by atoms with Gasteiger partial charge in [-0.25, -0.2) is 9.37 Å². The minimum Gasteiger partial charge on any atom is -0.473 e. The van der Waals surface area contributed by atoms with E-state index in [1.807, 2.05) is 0 Å². The van der Waals surface area contributed by atoms with E-state index in [2.05, 4.69) is 4.98 Å². The van der Waals surface area contributed by atoms with Crippen molar-refractivity contribution in [2.75, 3.05) is 13.2 Å². The summed E-state index contributed by atoms with van der Waals surface area (Å²) in [4.78, 5) is 3.89. The highest BCUT2D eigenvalue weighted by Gasteiger charge is 2.17.